The number of hydrogen-bond donors (Lipinski definition) is 6. The van der Waals surface area contributed by atoms with Crippen molar-refractivity contribution < 1.29 is 51.8 Å². The summed E-state index contributed by atoms with van der Waals surface area (Å²) < 4.78 is 47.7. The van der Waals surface area contributed by atoms with Crippen LogP contribution in [0.25, 0.3) is 0 Å². The van der Waals surface area contributed by atoms with Crippen LogP contribution in [0.2, 0.25) is 0 Å². The van der Waals surface area contributed by atoms with Crippen LogP contribution >= 0.6 is 0 Å². The number of ether oxygens (including phenoxy) is 2. The largest absolute Gasteiger partial charge is 0.397 e. The van der Waals surface area contributed by atoms with Crippen molar-refractivity contribution in [2.45, 2.75) is 262 Å². The Labute approximate surface area is 372 Å². The highest BCUT2D eigenvalue weighted by Gasteiger charge is 2.48. The molecule has 61 heavy (non-hydrogen) atoms. The highest BCUT2D eigenvalue weighted by atomic mass is 32.3. The molecular weight excluding hydrogens is 799 g/mol. The third-order valence-electron chi connectivity index (χ3n) is 11.8. The number of aliphatic hydroxyl groups is 4. The molecule has 1 heterocycles. The van der Waals surface area contributed by atoms with E-state index in [0.717, 1.165) is 38.5 Å². The van der Waals surface area contributed by atoms with Crippen LogP contribution in [0.4, 0.5) is 0 Å². The van der Waals surface area contributed by atoms with E-state index in [2.05, 4.69) is 35.5 Å². The predicted molar refractivity (Wildman–Crippen MR) is 245 cm³/mol. The topological polar surface area (TPSA) is 192 Å². The molecule has 0 saturated carbocycles. The maximum atomic E-state index is 13.0. The Balaban J connectivity index is 2.45. The van der Waals surface area contributed by atoms with E-state index in [-0.39, 0.29) is 18.9 Å². The molecule has 0 spiro atoms. The fraction of sp³-hybridized carbons (Fsp3) is 0.896. The third kappa shape index (κ3) is 32.0. The predicted octanol–water partition coefficient (Wildman–Crippen LogP) is 10.1. The van der Waals surface area contributed by atoms with Crippen LogP contribution in [-0.4, -0.2) is 95.4 Å². The van der Waals surface area contributed by atoms with Crippen LogP contribution in [0.1, 0.15) is 219 Å². The maximum Gasteiger partial charge on any atom is 0.397 e. The van der Waals surface area contributed by atoms with E-state index in [0.29, 0.717) is 12.8 Å². The van der Waals surface area contributed by atoms with Crippen molar-refractivity contribution in [1.29, 1.82) is 0 Å². The van der Waals surface area contributed by atoms with Gasteiger partial charge in [-0.25, -0.2) is 4.18 Å². The van der Waals surface area contributed by atoms with Gasteiger partial charge < -0.3 is 35.2 Å². The summed E-state index contributed by atoms with van der Waals surface area (Å²) in [7, 11) is -5.08. The monoisotopic (exact) mass is 890 g/mol. The van der Waals surface area contributed by atoms with Crippen molar-refractivity contribution in [2.24, 2.45) is 0 Å². The van der Waals surface area contributed by atoms with Gasteiger partial charge in [0.2, 0.25) is 5.91 Å². The zero-order chi connectivity index (χ0) is 44.8. The first-order valence-electron chi connectivity index (χ1n) is 24.7. The number of nitrogens with one attached hydrogen (secondary N) is 1. The minimum atomic E-state index is -5.08. The first-order chi connectivity index (χ1) is 29.5. The Bertz CT molecular complexity index is 1190. The van der Waals surface area contributed by atoms with Gasteiger partial charge in [0, 0.05) is 6.42 Å². The average Bonchev–Trinajstić information content (AvgIpc) is 3.23. The van der Waals surface area contributed by atoms with Gasteiger partial charge in [0.15, 0.2) is 6.29 Å². The normalized spacial score (nSPS) is 20.8. The molecule has 6 N–H and O–H groups in total. The standard InChI is InChI=1S/C48H91NO11S/c1-3-5-7-9-11-13-15-17-18-19-20-21-22-23-24-26-27-29-31-33-35-37-42(51)41(40-58-48-46(54)47(60-61(55,56)57)45(53)43(39-50)59-48)49-44(52)38-36-34-32-30-28-25-16-14-12-10-8-6-4-2/h25,28,32,34,41-43,45-48,50-51,53-54H,3-24,26-27,29-31,33,35-40H2,1-2H3,(H,49,52)(H,55,56,57)/b28-25-,34-32-. The zero-order valence-corrected chi connectivity index (χ0v) is 39.3. The minimum absolute atomic E-state index is 0.187. The molecule has 0 aromatic heterocycles. The first-order valence-corrected chi connectivity index (χ1v) is 26.1. The van der Waals surface area contributed by atoms with Gasteiger partial charge in [0.05, 0.1) is 25.4 Å². The lowest BCUT2D eigenvalue weighted by molar-refractivity contribution is -0.298. The Kier molecular flexibility index (Phi) is 36.8. The molecule has 1 rings (SSSR count). The Morgan fingerprint density at radius 2 is 1.10 bits per heavy atom. The molecule has 1 saturated heterocycles. The van der Waals surface area contributed by atoms with E-state index < -0.39 is 59.9 Å². The first kappa shape index (κ1) is 57.6. The second-order valence-corrected chi connectivity index (χ2v) is 18.5. The van der Waals surface area contributed by atoms with Crippen LogP contribution in [-0.2, 0) is 28.9 Å². The molecule has 0 aromatic carbocycles. The summed E-state index contributed by atoms with van der Waals surface area (Å²) in [6, 6.07) is -0.886. The fourth-order valence-electron chi connectivity index (χ4n) is 7.92. The van der Waals surface area contributed by atoms with Crippen molar-refractivity contribution in [3.05, 3.63) is 24.3 Å². The number of rotatable bonds is 42. The van der Waals surface area contributed by atoms with Gasteiger partial charge in [-0.1, -0.05) is 205 Å². The van der Waals surface area contributed by atoms with Crippen LogP contribution in [0.15, 0.2) is 24.3 Å². The molecule has 1 amide bonds. The Morgan fingerprint density at radius 3 is 1.56 bits per heavy atom. The molecule has 12 nitrogen and oxygen atoms in total. The summed E-state index contributed by atoms with van der Waals surface area (Å²) in [5, 5.41) is 44.8. The molecular formula is C48H91NO11S. The van der Waals surface area contributed by atoms with Crippen molar-refractivity contribution >= 4 is 16.3 Å². The van der Waals surface area contributed by atoms with Crippen LogP contribution < -0.4 is 5.32 Å². The third-order valence-corrected chi connectivity index (χ3v) is 12.2. The van der Waals surface area contributed by atoms with Gasteiger partial charge in [0.25, 0.3) is 0 Å². The van der Waals surface area contributed by atoms with Crippen molar-refractivity contribution in [1.82, 2.24) is 5.32 Å². The van der Waals surface area contributed by atoms with E-state index >= 15 is 0 Å². The molecule has 0 radical (unpaired) electrons. The van der Waals surface area contributed by atoms with Crippen LogP contribution in [0.3, 0.4) is 0 Å². The SMILES string of the molecule is CCCCCCCC/C=C\C/C=C\CCC(=O)NC(COC1OC(CO)C(O)C(OS(=O)(=O)O)C1O)C(O)CCCCCCCCCCCCCCCCCCCCCCC. The molecule has 1 aliphatic heterocycles. The van der Waals surface area contributed by atoms with Gasteiger partial charge in [-0.05, 0) is 32.1 Å². The summed E-state index contributed by atoms with van der Waals surface area (Å²) in [6.45, 7) is 3.41. The molecule has 1 fully saturated rings. The molecule has 360 valence electrons. The summed E-state index contributed by atoms with van der Waals surface area (Å²) >= 11 is 0. The van der Waals surface area contributed by atoms with Gasteiger partial charge in [0.1, 0.15) is 24.4 Å². The summed E-state index contributed by atoms with van der Waals surface area (Å²) in [5.74, 6) is -0.295. The minimum Gasteiger partial charge on any atom is -0.394 e. The Hall–Kier alpha value is -1.42. The van der Waals surface area contributed by atoms with Crippen molar-refractivity contribution in [3.63, 3.8) is 0 Å². The number of hydrogen-bond acceptors (Lipinski definition) is 10. The molecule has 0 aromatic rings. The lowest BCUT2D eigenvalue weighted by atomic mass is 9.99. The van der Waals surface area contributed by atoms with Gasteiger partial charge in [-0.15, -0.1) is 0 Å². The number of allylic oxidation sites excluding steroid dienone is 4. The highest BCUT2D eigenvalue weighted by molar-refractivity contribution is 7.80. The Morgan fingerprint density at radius 1 is 0.656 bits per heavy atom. The number of amides is 1. The summed E-state index contributed by atoms with van der Waals surface area (Å²) in [5.41, 5.74) is 0. The number of carbonyl (C=O) groups excluding carboxylic acids is 1. The quantitative estimate of drug-likeness (QED) is 0.0194. The van der Waals surface area contributed by atoms with Crippen LogP contribution in [0.5, 0.6) is 0 Å². The molecule has 7 atom stereocenters. The van der Waals surface area contributed by atoms with Crippen LogP contribution in [0, 0.1) is 0 Å². The van der Waals surface area contributed by atoms with Gasteiger partial charge in [-0.3, -0.25) is 9.35 Å². The molecule has 1 aliphatic rings. The molecule has 0 bridgehead atoms. The maximum absolute atomic E-state index is 13.0. The van der Waals surface area contributed by atoms with Gasteiger partial charge in [-0.2, -0.15) is 8.42 Å². The van der Waals surface area contributed by atoms with Crippen molar-refractivity contribution in [2.75, 3.05) is 13.2 Å². The highest BCUT2D eigenvalue weighted by Crippen LogP contribution is 2.26. The lowest BCUT2D eigenvalue weighted by Crippen LogP contribution is -2.61. The van der Waals surface area contributed by atoms with E-state index in [4.69, 9.17) is 9.47 Å². The zero-order valence-electron chi connectivity index (χ0n) is 38.5. The van der Waals surface area contributed by atoms with E-state index in [1.54, 1.807) is 0 Å². The fourth-order valence-corrected chi connectivity index (χ4v) is 8.43. The molecule has 7 unspecified atom stereocenters. The summed E-state index contributed by atoms with van der Waals surface area (Å²) in [6.07, 6.45) is 36.3. The molecule has 0 aliphatic carbocycles. The number of carbonyl (C=O) groups is 1. The van der Waals surface area contributed by atoms with E-state index in [1.807, 2.05) is 12.2 Å². The average molecular weight is 890 g/mol. The van der Waals surface area contributed by atoms with Crippen molar-refractivity contribution in [3.8, 4) is 0 Å². The second-order valence-electron chi connectivity index (χ2n) is 17.4. The number of aliphatic hydroxyl groups excluding tert-OH is 4. The smallest absolute Gasteiger partial charge is 0.394 e. The molecule has 13 heteroatoms. The second kappa shape index (κ2) is 39.0. The number of unbranched alkanes of at least 4 members (excludes halogenated alkanes) is 26. The van der Waals surface area contributed by atoms with Gasteiger partial charge >= 0.3 is 10.4 Å². The summed E-state index contributed by atoms with van der Waals surface area (Å²) in [4.78, 5) is 13.0. The lowest BCUT2D eigenvalue weighted by Gasteiger charge is -2.41. The van der Waals surface area contributed by atoms with E-state index in [9.17, 15) is 38.2 Å². The van der Waals surface area contributed by atoms with E-state index in [1.165, 1.54) is 148 Å².